The highest BCUT2D eigenvalue weighted by molar-refractivity contribution is 5.93. The van der Waals surface area contributed by atoms with Gasteiger partial charge in [-0.25, -0.2) is 4.98 Å². The van der Waals surface area contributed by atoms with Crippen LogP contribution < -0.4 is 0 Å². The van der Waals surface area contributed by atoms with Crippen molar-refractivity contribution < 1.29 is 4.79 Å². The number of aryl methyl sites for hydroxylation is 2. The Labute approximate surface area is 141 Å². The smallest absolute Gasteiger partial charge is 0.271 e. The zero-order chi connectivity index (χ0) is 16.8. The first kappa shape index (κ1) is 15.0. The summed E-state index contributed by atoms with van der Waals surface area (Å²) in [5.74, 6) is 0.983. The highest BCUT2D eigenvalue weighted by Crippen LogP contribution is 2.33. The number of H-pyrrole nitrogens is 1. The molecule has 5 nitrogen and oxygen atoms in total. The van der Waals surface area contributed by atoms with E-state index in [0.717, 1.165) is 47.6 Å². The third-order valence-electron chi connectivity index (χ3n) is 5.08. The van der Waals surface area contributed by atoms with Crippen molar-refractivity contribution in [2.45, 2.75) is 32.7 Å². The van der Waals surface area contributed by atoms with Crippen LogP contribution in [0.2, 0.25) is 0 Å². The molecular weight excluding hydrogens is 300 g/mol. The van der Waals surface area contributed by atoms with Crippen LogP contribution in [-0.2, 0) is 7.05 Å². The Morgan fingerprint density at radius 2 is 2.08 bits per heavy atom. The van der Waals surface area contributed by atoms with E-state index >= 15 is 0 Å². The van der Waals surface area contributed by atoms with Crippen molar-refractivity contribution in [3.63, 3.8) is 0 Å². The lowest BCUT2D eigenvalue weighted by Crippen LogP contribution is -2.32. The number of benzene rings is 1. The fraction of sp³-hybridized carbons (Fsp3) is 0.368. The number of nitrogens with one attached hydrogen (secondary N) is 1. The van der Waals surface area contributed by atoms with Gasteiger partial charge < -0.3 is 14.5 Å². The molecule has 1 saturated heterocycles. The minimum Gasteiger partial charge on any atom is -0.344 e. The van der Waals surface area contributed by atoms with Crippen LogP contribution in [0.3, 0.4) is 0 Å². The lowest BCUT2D eigenvalue weighted by molar-refractivity contribution is 0.0720. The number of carbonyl (C=O) groups is 1. The quantitative estimate of drug-likeness (QED) is 0.785. The Hall–Kier alpha value is -2.56. The Morgan fingerprint density at radius 1 is 1.25 bits per heavy atom. The molecule has 4 rings (SSSR count). The summed E-state index contributed by atoms with van der Waals surface area (Å²) < 4.78 is 1.96. The number of hydrogen-bond donors (Lipinski definition) is 1. The third kappa shape index (κ3) is 2.31. The van der Waals surface area contributed by atoms with Crippen LogP contribution >= 0.6 is 0 Å². The van der Waals surface area contributed by atoms with Gasteiger partial charge in [0.15, 0.2) is 0 Å². The first-order valence-corrected chi connectivity index (χ1v) is 8.44. The molecule has 0 radical (unpaired) electrons. The number of amides is 1. The van der Waals surface area contributed by atoms with Crippen molar-refractivity contribution in [3.05, 3.63) is 53.1 Å². The zero-order valence-corrected chi connectivity index (χ0v) is 14.3. The Balaban J connectivity index is 1.68. The number of nitrogens with zero attached hydrogens (tertiary/aromatic N) is 3. The third-order valence-corrected chi connectivity index (χ3v) is 5.08. The van der Waals surface area contributed by atoms with Crippen LogP contribution in [0.1, 0.15) is 46.5 Å². The minimum atomic E-state index is 0.0282. The van der Waals surface area contributed by atoms with E-state index in [0.29, 0.717) is 0 Å². The molecule has 1 unspecified atom stereocenters. The highest BCUT2D eigenvalue weighted by Gasteiger charge is 2.33. The van der Waals surface area contributed by atoms with Crippen molar-refractivity contribution >= 4 is 16.9 Å². The lowest BCUT2D eigenvalue weighted by atomic mass is 10.2. The Bertz CT molecular complexity index is 921. The number of carbonyl (C=O) groups excluding carboxylic acids is 1. The summed E-state index contributed by atoms with van der Waals surface area (Å²) in [5, 5.41) is 0. The summed E-state index contributed by atoms with van der Waals surface area (Å²) in [6, 6.07) is 10.1. The number of aromatic amines is 1. The number of imidazole rings is 1. The number of aromatic nitrogens is 3. The van der Waals surface area contributed by atoms with Gasteiger partial charge >= 0.3 is 0 Å². The second-order valence-corrected chi connectivity index (χ2v) is 6.72. The maximum atomic E-state index is 13.0. The highest BCUT2D eigenvalue weighted by atomic mass is 16.2. The number of hydrogen-bond acceptors (Lipinski definition) is 2. The second-order valence-electron chi connectivity index (χ2n) is 6.72. The summed E-state index contributed by atoms with van der Waals surface area (Å²) in [6.07, 6.45) is 1.96. The normalized spacial score (nSPS) is 17.8. The Kier molecular flexibility index (Phi) is 3.44. The van der Waals surface area contributed by atoms with Crippen molar-refractivity contribution in [3.8, 4) is 0 Å². The largest absolute Gasteiger partial charge is 0.344 e. The summed E-state index contributed by atoms with van der Waals surface area (Å²) in [7, 11) is 1.94. The molecule has 0 saturated carbocycles. The molecule has 5 heteroatoms. The molecule has 1 fully saturated rings. The first-order chi connectivity index (χ1) is 11.5. The second kappa shape index (κ2) is 5.51. The molecule has 1 amide bonds. The van der Waals surface area contributed by atoms with E-state index in [2.05, 4.69) is 24.0 Å². The topological polar surface area (TPSA) is 53.9 Å². The fourth-order valence-corrected chi connectivity index (χ4v) is 3.57. The summed E-state index contributed by atoms with van der Waals surface area (Å²) in [6.45, 7) is 4.87. The average molecular weight is 322 g/mol. The van der Waals surface area contributed by atoms with Gasteiger partial charge in [-0.3, -0.25) is 4.79 Å². The molecule has 1 aliphatic heterocycles. The van der Waals surface area contributed by atoms with Crippen LogP contribution in [0.15, 0.2) is 30.3 Å². The van der Waals surface area contributed by atoms with E-state index in [9.17, 15) is 4.79 Å². The SMILES string of the molecule is Cc1ccc2nc(C3CCCN3C(=O)c3ccc(C)n3C)[nH]c2c1. The van der Waals surface area contributed by atoms with Gasteiger partial charge in [0.25, 0.3) is 5.91 Å². The van der Waals surface area contributed by atoms with Gasteiger partial charge in [-0.15, -0.1) is 0 Å². The maximum Gasteiger partial charge on any atom is 0.271 e. The average Bonchev–Trinajstić information content (AvgIpc) is 3.26. The van der Waals surface area contributed by atoms with Crippen molar-refractivity contribution in [2.75, 3.05) is 6.54 Å². The summed E-state index contributed by atoms with van der Waals surface area (Å²) >= 11 is 0. The van der Waals surface area contributed by atoms with E-state index in [1.54, 1.807) is 0 Å². The lowest BCUT2D eigenvalue weighted by Gasteiger charge is -2.23. The van der Waals surface area contributed by atoms with Crippen molar-refractivity contribution in [2.24, 2.45) is 7.05 Å². The van der Waals surface area contributed by atoms with Crippen LogP contribution in [-0.4, -0.2) is 31.9 Å². The van der Waals surface area contributed by atoms with Gasteiger partial charge in [0.1, 0.15) is 11.5 Å². The minimum absolute atomic E-state index is 0.0282. The molecule has 0 spiro atoms. The number of fused-ring (bicyclic) bond motifs is 1. The molecule has 24 heavy (non-hydrogen) atoms. The molecule has 124 valence electrons. The van der Waals surface area contributed by atoms with Gasteiger partial charge in [-0.1, -0.05) is 6.07 Å². The summed E-state index contributed by atoms with van der Waals surface area (Å²) in [5.41, 5.74) is 5.04. The summed E-state index contributed by atoms with van der Waals surface area (Å²) in [4.78, 5) is 23.1. The molecule has 1 aromatic carbocycles. The number of rotatable bonds is 2. The van der Waals surface area contributed by atoms with E-state index in [-0.39, 0.29) is 11.9 Å². The van der Waals surface area contributed by atoms with Gasteiger partial charge in [0.05, 0.1) is 17.1 Å². The number of likely N-dealkylation sites (tertiary alicyclic amines) is 1. The molecule has 1 aliphatic rings. The van der Waals surface area contributed by atoms with E-state index in [4.69, 9.17) is 4.98 Å². The molecule has 0 aliphatic carbocycles. The molecule has 3 heterocycles. The molecule has 1 atom stereocenters. The fourth-order valence-electron chi connectivity index (χ4n) is 3.57. The predicted octanol–water partition coefficient (Wildman–Crippen LogP) is 3.50. The van der Waals surface area contributed by atoms with E-state index < -0.39 is 0 Å². The van der Waals surface area contributed by atoms with Gasteiger partial charge in [-0.05, 0) is 56.5 Å². The Morgan fingerprint density at radius 3 is 2.83 bits per heavy atom. The molecule has 0 bridgehead atoms. The predicted molar refractivity (Wildman–Crippen MR) is 94.0 cm³/mol. The van der Waals surface area contributed by atoms with Gasteiger partial charge in [0.2, 0.25) is 0 Å². The molecule has 1 N–H and O–H groups in total. The van der Waals surface area contributed by atoms with Gasteiger partial charge in [-0.2, -0.15) is 0 Å². The van der Waals surface area contributed by atoms with Crippen molar-refractivity contribution in [1.29, 1.82) is 0 Å². The molecule has 2 aromatic heterocycles. The van der Waals surface area contributed by atoms with Crippen molar-refractivity contribution in [1.82, 2.24) is 19.4 Å². The maximum absolute atomic E-state index is 13.0. The van der Waals surface area contributed by atoms with Gasteiger partial charge in [0, 0.05) is 19.3 Å². The van der Waals surface area contributed by atoms with Crippen LogP contribution in [0.25, 0.3) is 11.0 Å². The zero-order valence-electron chi connectivity index (χ0n) is 14.3. The molecular formula is C19H22N4O. The first-order valence-electron chi connectivity index (χ1n) is 8.44. The molecule has 3 aromatic rings. The van der Waals surface area contributed by atoms with E-state index in [1.165, 1.54) is 5.56 Å². The van der Waals surface area contributed by atoms with Crippen LogP contribution in [0, 0.1) is 13.8 Å². The van der Waals surface area contributed by atoms with E-state index in [1.807, 2.05) is 41.6 Å². The van der Waals surface area contributed by atoms with Crippen LogP contribution in [0.5, 0.6) is 0 Å². The standard InChI is InChI=1S/C19H22N4O/c1-12-6-8-14-15(11-12)21-18(20-14)16-5-4-10-23(16)19(24)17-9-7-13(2)22(17)3/h6-9,11,16H,4-5,10H2,1-3H3,(H,20,21). The monoisotopic (exact) mass is 322 g/mol. The van der Waals surface area contributed by atoms with Crippen LogP contribution in [0.4, 0.5) is 0 Å².